The monoisotopic (exact) mass is 307 g/mol. The number of amides is 2. The highest BCUT2D eigenvalue weighted by atomic mass is 32.2. The van der Waals surface area contributed by atoms with E-state index in [4.69, 9.17) is 5.11 Å². The van der Waals surface area contributed by atoms with E-state index in [9.17, 15) is 18.0 Å². The van der Waals surface area contributed by atoms with Crippen molar-refractivity contribution in [1.29, 1.82) is 0 Å². The molecule has 0 spiro atoms. The van der Waals surface area contributed by atoms with Crippen molar-refractivity contribution in [3.05, 3.63) is 0 Å². The molecule has 0 radical (unpaired) electrons. The summed E-state index contributed by atoms with van der Waals surface area (Å²) in [5, 5.41) is 11.7. The lowest BCUT2D eigenvalue weighted by molar-refractivity contribution is -0.150. The third-order valence-electron chi connectivity index (χ3n) is 3.27. The Bertz CT molecular complexity index is 478. The molecule has 1 fully saturated rings. The zero-order chi connectivity index (χ0) is 15.4. The van der Waals surface area contributed by atoms with Crippen LogP contribution in [-0.2, 0) is 14.8 Å². The highest BCUT2D eigenvalue weighted by Crippen LogP contribution is 2.29. The maximum atomic E-state index is 11.9. The van der Waals surface area contributed by atoms with Crippen LogP contribution < -0.4 is 10.0 Å². The maximum absolute atomic E-state index is 11.9. The van der Waals surface area contributed by atoms with E-state index in [2.05, 4.69) is 10.0 Å². The Balaban J connectivity index is 2.42. The summed E-state index contributed by atoms with van der Waals surface area (Å²) in [5.41, 5.74) is -0.916. The van der Waals surface area contributed by atoms with Gasteiger partial charge in [-0.05, 0) is 19.8 Å². The Morgan fingerprint density at radius 1 is 1.35 bits per heavy atom. The zero-order valence-electron chi connectivity index (χ0n) is 11.7. The van der Waals surface area contributed by atoms with Gasteiger partial charge in [0.1, 0.15) is 0 Å². The number of hydrogen-bond donors (Lipinski definition) is 3. The molecule has 0 bridgehead atoms. The predicted molar refractivity (Wildman–Crippen MR) is 72.8 cm³/mol. The van der Waals surface area contributed by atoms with Gasteiger partial charge in [0, 0.05) is 26.2 Å². The van der Waals surface area contributed by atoms with E-state index in [1.54, 1.807) is 6.92 Å². The summed E-state index contributed by atoms with van der Waals surface area (Å²) in [5.74, 6) is -0.909. The van der Waals surface area contributed by atoms with Gasteiger partial charge in [-0.3, -0.25) is 4.79 Å². The molecule has 1 rings (SSSR count). The molecule has 1 aliphatic heterocycles. The number of nitrogens with zero attached hydrogens (tertiary/aromatic N) is 1. The molecule has 1 saturated heterocycles. The minimum atomic E-state index is -3.27. The molecule has 0 aliphatic carbocycles. The van der Waals surface area contributed by atoms with E-state index in [0.717, 1.165) is 6.26 Å². The number of carboxylic acid groups (broad SMARTS) is 1. The van der Waals surface area contributed by atoms with Crippen LogP contribution in [0.3, 0.4) is 0 Å². The molecule has 0 saturated carbocycles. The molecule has 1 atom stereocenters. The molecule has 0 aromatic heterocycles. The number of urea groups is 1. The van der Waals surface area contributed by atoms with Crippen LogP contribution in [0.2, 0.25) is 0 Å². The van der Waals surface area contributed by atoms with Crippen LogP contribution >= 0.6 is 0 Å². The standard InChI is InChI=1S/C11H21N3O5S/c1-11(9(15)16)4-3-7-14(8-11)10(17)12-5-6-13-20(2,18)19/h13H,3-8H2,1-2H3,(H,12,17)(H,15,16). The van der Waals surface area contributed by atoms with Gasteiger partial charge in [0.05, 0.1) is 11.7 Å². The number of carbonyl (C=O) groups excluding carboxylic acids is 1. The van der Waals surface area contributed by atoms with Crippen LogP contribution in [0.5, 0.6) is 0 Å². The third-order valence-corrected chi connectivity index (χ3v) is 3.99. The predicted octanol–water partition coefficient (Wildman–Crippen LogP) is -0.568. The van der Waals surface area contributed by atoms with Crippen LogP contribution in [0.25, 0.3) is 0 Å². The maximum Gasteiger partial charge on any atom is 0.317 e. The second-order valence-electron chi connectivity index (χ2n) is 5.29. The third kappa shape index (κ3) is 4.97. The van der Waals surface area contributed by atoms with Crippen LogP contribution in [0.15, 0.2) is 0 Å². The Labute approximate surface area is 118 Å². The van der Waals surface area contributed by atoms with Gasteiger partial charge in [0.15, 0.2) is 0 Å². The number of piperidine rings is 1. The first-order chi connectivity index (χ1) is 9.14. The first-order valence-electron chi connectivity index (χ1n) is 6.35. The van der Waals surface area contributed by atoms with E-state index in [0.29, 0.717) is 19.4 Å². The van der Waals surface area contributed by atoms with Gasteiger partial charge in [0.25, 0.3) is 0 Å². The Morgan fingerprint density at radius 2 is 2.00 bits per heavy atom. The van der Waals surface area contributed by atoms with E-state index in [1.807, 2.05) is 0 Å². The summed E-state index contributed by atoms with van der Waals surface area (Å²) in [4.78, 5) is 24.5. The molecular weight excluding hydrogens is 286 g/mol. The van der Waals surface area contributed by atoms with E-state index >= 15 is 0 Å². The number of hydrogen-bond acceptors (Lipinski definition) is 4. The van der Waals surface area contributed by atoms with Crippen LogP contribution in [0.1, 0.15) is 19.8 Å². The van der Waals surface area contributed by atoms with Gasteiger partial charge in [-0.15, -0.1) is 0 Å². The van der Waals surface area contributed by atoms with Crippen molar-refractivity contribution in [1.82, 2.24) is 14.9 Å². The molecule has 3 N–H and O–H groups in total. The topological polar surface area (TPSA) is 116 Å². The van der Waals surface area contributed by atoms with Gasteiger partial charge in [0.2, 0.25) is 10.0 Å². The number of likely N-dealkylation sites (tertiary alicyclic amines) is 1. The molecule has 116 valence electrons. The highest BCUT2D eigenvalue weighted by Gasteiger charge is 2.39. The molecule has 0 aromatic carbocycles. The molecule has 0 aromatic rings. The summed E-state index contributed by atoms with van der Waals surface area (Å²) in [6.45, 7) is 2.56. The van der Waals surface area contributed by atoms with Gasteiger partial charge in [-0.25, -0.2) is 17.9 Å². The minimum Gasteiger partial charge on any atom is -0.481 e. The summed E-state index contributed by atoms with van der Waals surface area (Å²) < 4.78 is 23.9. The van der Waals surface area contributed by atoms with Crippen LogP contribution in [0, 0.1) is 5.41 Å². The smallest absolute Gasteiger partial charge is 0.317 e. The fourth-order valence-electron chi connectivity index (χ4n) is 2.11. The number of carbonyl (C=O) groups is 2. The number of nitrogens with one attached hydrogen (secondary N) is 2. The van der Waals surface area contributed by atoms with Gasteiger partial charge < -0.3 is 15.3 Å². The van der Waals surface area contributed by atoms with Crippen molar-refractivity contribution in [2.45, 2.75) is 19.8 Å². The minimum absolute atomic E-state index is 0.106. The summed E-state index contributed by atoms with van der Waals surface area (Å²) in [7, 11) is -3.27. The Kier molecular flexibility index (Phi) is 5.35. The Hall–Kier alpha value is -1.35. The number of sulfonamides is 1. The van der Waals surface area contributed by atoms with E-state index in [-0.39, 0.29) is 25.7 Å². The quantitative estimate of drug-likeness (QED) is 0.588. The van der Waals surface area contributed by atoms with Crippen molar-refractivity contribution in [3.63, 3.8) is 0 Å². The molecule has 1 unspecified atom stereocenters. The van der Waals surface area contributed by atoms with E-state index < -0.39 is 21.4 Å². The normalized spacial score (nSPS) is 23.4. The lowest BCUT2D eigenvalue weighted by atomic mass is 9.82. The molecule has 20 heavy (non-hydrogen) atoms. The number of aliphatic carboxylic acids is 1. The van der Waals surface area contributed by atoms with Crippen molar-refractivity contribution in [3.8, 4) is 0 Å². The van der Waals surface area contributed by atoms with Crippen LogP contribution in [-0.4, -0.2) is 62.9 Å². The van der Waals surface area contributed by atoms with Gasteiger partial charge >= 0.3 is 12.0 Å². The Morgan fingerprint density at radius 3 is 2.55 bits per heavy atom. The average molecular weight is 307 g/mol. The van der Waals surface area contributed by atoms with E-state index in [1.165, 1.54) is 4.90 Å². The summed E-state index contributed by atoms with van der Waals surface area (Å²) in [6.07, 6.45) is 2.22. The summed E-state index contributed by atoms with van der Waals surface area (Å²) in [6, 6.07) is -0.368. The van der Waals surface area contributed by atoms with Crippen molar-refractivity contribution >= 4 is 22.0 Å². The molecule has 2 amide bonds. The molecule has 1 aliphatic rings. The summed E-state index contributed by atoms with van der Waals surface area (Å²) >= 11 is 0. The first kappa shape index (κ1) is 16.7. The number of rotatable bonds is 5. The van der Waals surface area contributed by atoms with Crippen molar-refractivity contribution in [2.75, 3.05) is 32.4 Å². The lowest BCUT2D eigenvalue weighted by Gasteiger charge is -2.37. The molecular formula is C11H21N3O5S. The largest absolute Gasteiger partial charge is 0.481 e. The fraction of sp³-hybridized carbons (Fsp3) is 0.818. The molecule has 1 heterocycles. The molecule has 8 nitrogen and oxygen atoms in total. The number of carboxylic acids is 1. The molecule has 9 heteroatoms. The first-order valence-corrected chi connectivity index (χ1v) is 8.24. The van der Waals surface area contributed by atoms with Crippen molar-refractivity contribution < 1.29 is 23.1 Å². The van der Waals surface area contributed by atoms with Crippen LogP contribution in [0.4, 0.5) is 4.79 Å². The second-order valence-corrected chi connectivity index (χ2v) is 7.12. The van der Waals surface area contributed by atoms with Gasteiger partial charge in [-0.1, -0.05) is 0 Å². The van der Waals surface area contributed by atoms with Gasteiger partial charge in [-0.2, -0.15) is 0 Å². The lowest BCUT2D eigenvalue weighted by Crippen LogP contribution is -2.52. The zero-order valence-corrected chi connectivity index (χ0v) is 12.5. The highest BCUT2D eigenvalue weighted by molar-refractivity contribution is 7.88. The fourth-order valence-corrected chi connectivity index (χ4v) is 2.58. The second kappa shape index (κ2) is 6.40. The SMILES string of the molecule is CC1(C(=O)O)CCCN(C(=O)NCCNS(C)(=O)=O)C1. The average Bonchev–Trinajstić information content (AvgIpc) is 2.33. The van der Waals surface area contributed by atoms with Crippen molar-refractivity contribution in [2.24, 2.45) is 5.41 Å².